The molecule has 0 radical (unpaired) electrons. The van der Waals surface area contributed by atoms with Gasteiger partial charge in [-0.25, -0.2) is 0 Å². The Bertz CT molecular complexity index is 776. The van der Waals surface area contributed by atoms with Crippen LogP contribution in [-0.2, 0) is 0 Å². The standard InChI is InChI=1S/C14H13F5N2O2S/c1-22-11-5-8-13(14(9-11)23-2)21-20-10-3-6-12(7-4-10)24(15,16,17,18)19/h3-9H,1-2H3/b21-20+. The van der Waals surface area contributed by atoms with Crippen molar-refractivity contribution < 1.29 is 28.9 Å². The van der Waals surface area contributed by atoms with Crippen LogP contribution in [0.2, 0.25) is 0 Å². The molecule has 10 heteroatoms. The first-order valence-corrected chi connectivity index (χ1v) is 8.36. The molecule has 0 saturated heterocycles. The first-order chi connectivity index (χ1) is 10.9. The van der Waals surface area contributed by atoms with Crippen molar-refractivity contribution in [3.05, 3.63) is 42.5 Å². The lowest BCUT2D eigenvalue weighted by atomic mass is 10.3. The van der Waals surface area contributed by atoms with E-state index >= 15 is 0 Å². The van der Waals surface area contributed by atoms with Gasteiger partial charge in [-0.2, -0.15) is 5.11 Å². The van der Waals surface area contributed by atoms with E-state index in [4.69, 9.17) is 9.47 Å². The minimum Gasteiger partial charge on any atom is -0.497 e. The zero-order chi connectivity index (χ0) is 18.1. The number of hydrogen-bond donors (Lipinski definition) is 0. The fraction of sp³-hybridized carbons (Fsp3) is 0.143. The van der Waals surface area contributed by atoms with Crippen LogP contribution in [0.1, 0.15) is 0 Å². The predicted molar refractivity (Wildman–Crippen MR) is 81.6 cm³/mol. The molecule has 2 aromatic carbocycles. The first kappa shape index (κ1) is 18.0. The molecule has 0 bridgehead atoms. The van der Waals surface area contributed by atoms with Gasteiger partial charge in [0.15, 0.2) is 0 Å². The zero-order valence-corrected chi connectivity index (χ0v) is 13.4. The van der Waals surface area contributed by atoms with Gasteiger partial charge in [0, 0.05) is 6.07 Å². The van der Waals surface area contributed by atoms with Crippen molar-refractivity contribution in [3.63, 3.8) is 0 Å². The number of benzene rings is 2. The molecule has 132 valence electrons. The van der Waals surface area contributed by atoms with Gasteiger partial charge in [-0.1, -0.05) is 19.4 Å². The van der Waals surface area contributed by atoms with Crippen molar-refractivity contribution in [3.8, 4) is 11.5 Å². The quantitative estimate of drug-likeness (QED) is 0.431. The van der Waals surface area contributed by atoms with Crippen LogP contribution < -0.4 is 9.47 Å². The highest BCUT2D eigenvalue weighted by molar-refractivity contribution is 8.45. The third kappa shape index (κ3) is 4.34. The van der Waals surface area contributed by atoms with Crippen LogP contribution in [0.5, 0.6) is 11.5 Å². The average Bonchev–Trinajstić information content (AvgIpc) is 2.51. The van der Waals surface area contributed by atoms with Crippen LogP contribution in [0.3, 0.4) is 0 Å². The summed E-state index contributed by atoms with van der Waals surface area (Å²) in [5, 5.41) is 7.55. The lowest BCUT2D eigenvalue weighted by molar-refractivity contribution is 0.364. The van der Waals surface area contributed by atoms with Gasteiger partial charge < -0.3 is 9.47 Å². The van der Waals surface area contributed by atoms with Crippen molar-refractivity contribution in [2.45, 2.75) is 4.90 Å². The van der Waals surface area contributed by atoms with Gasteiger partial charge in [-0.3, -0.25) is 0 Å². The van der Waals surface area contributed by atoms with Crippen molar-refractivity contribution in [2.24, 2.45) is 10.2 Å². The molecular weight excluding hydrogens is 355 g/mol. The summed E-state index contributed by atoms with van der Waals surface area (Å²) >= 11 is 0. The largest absolute Gasteiger partial charge is 0.497 e. The number of halogens is 5. The summed E-state index contributed by atoms with van der Waals surface area (Å²) in [7, 11) is -6.81. The molecule has 0 fully saturated rings. The monoisotopic (exact) mass is 368 g/mol. The van der Waals surface area contributed by atoms with E-state index in [0.717, 1.165) is 12.1 Å². The second-order valence-corrected chi connectivity index (χ2v) is 7.11. The molecule has 0 N–H and O–H groups in total. The van der Waals surface area contributed by atoms with Gasteiger partial charge in [0.25, 0.3) is 0 Å². The van der Waals surface area contributed by atoms with E-state index in [9.17, 15) is 19.4 Å². The van der Waals surface area contributed by atoms with Gasteiger partial charge in [-0.05, 0) is 36.4 Å². The summed E-state index contributed by atoms with van der Waals surface area (Å²) in [6.45, 7) is 0. The Morgan fingerprint density at radius 2 is 1.42 bits per heavy atom. The molecule has 0 unspecified atom stereocenters. The van der Waals surface area contributed by atoms with Crippen LogP contribution in [0.15, 0.2) is 57.6 Å². The molecule has 0 atom stereocenters. The van der Waals surface area contributed by atoms with Crippen LogP contribution >= 0.6 is 10.2 Å². The van der Waals surface area contributed by atoms with Crippen molar-refractivity contribution in [1.82, 2.24) is 0 Å². The molecule has 0 aliphatic carbocycles. The van der Waals surface area contributed by atoms with E-state index in [1.54, 1.807) is 12.1 Å². The SMILES string of the molecule is COc1ccc(/N=N/c2ccc(S(F)(F)(F)(F)F)cc2)c(OC)c1. The zero-order valence-electron chi connectivity index (χ0n) is 12.6. The maximum absolute atomic E-state index is 12.6. The summed E-state index contributed by atoms with van der Waals surface area (Å²) < 4.78 is 73.2. The van der Waals surface area contributed by atoms with Gasteiger partial charge in [0.1, 0.15) is 22.1 Å². The second kappa shape index (κ2) is 5.33. The van der Waals surface area contributed by atoms with Gasteiger partial charge in [0.2, 0.25) is 0 Å². The first-order valence-electron chi connectivity index (χ1n) is 6.41. The Morgan fingerprint density at radius 3 is 1.92 bits per heavy atom. The van der Waals surface area contributed by atoms with Crippen LogP contribution in [-0.4, -0.2) is 14.2 Å². The molecule has 0 heterocycles. The van der Waals surface area contributed by atoms with Crippen molar-refractivity contribution in [2.75, 3.05) is 14.2 Å². The highest BCUT2D eigenvalue weighted by Gasteiger charge is 2.65. The smallest absolute Gasteiger partial charge is 0.310 e. The minimum absolute atomic E-state index is 0.0153. The molecule has 0 aromatic heterocycles. The normalized spacial score (nSPS) is 15.0. The molecular formula is C14H13F5N2O2S. The number of hydrogen-bond acceptors (Lipinski definition) is 4. The summed E-state index contributed by atoms with van der Waals surface area (Å²) in [5.41, 5.74) is 0.286. The van der Waals surface area contributed by atoms with E-state index < -0.39 is 15.1 Å². The lowest BCUT2D eigenvalue weighted by Gasteiger charge is -2.40. The van der Waals surface area contributed by atoms with E-state index in [0.29, 0.717) is 17.2 Å². The Labute approximate surface area is 134 Å². The predicted octanol–water partition coefficient (Wildman–Crippen LogP) is 6.78. The number of nitrogens with zero attached hydrogens (tertiary/aromatic N) is 2. The topological polar surface area (TPSA) is 43.2 Å². The summed E-state index contributed by atoms with van der Waals surface area (Å²) in [4.78, 5) is -1.98. The Hall–Kier alpha value is -2.36. The fourth-order valence-electron chi connectivity index (χ4n) is 1.75. The highest BCUT2D eigenvalue weighted by Crippen LogP contribution is 3.02. The number of rotatable bonds is 5. The Morgan fingerprint density at radius 1 is 0.792 bits per heavy atom. The third-order valence-corrected chi connectivity index (χ3v) is 4.11. The van der Waals surface area contributed by atoms with Crippen LogP contribution in [0.4, 0.5) is 30.8 Å². The van der Waals surface area contributed by atoms with Gasteiger partial charge >= 0.3 is 10.2 Å². The minimum atomic E-state index is -9.68. The molecule has 0 spiro atoms. The van der Waals surface area contributed by atoms with E-state index in [-0.39, 0.29) is 17.8 Å². The summed E-state index contributed by atoms with van der Waals surface area (Å²) in [6.07, 6.45) is 0. The molecule has 0 saturated carbocycles. The van der Waals surface area contributed by atoms with Crippen molar-refractivity contribution in [1.29, 1.82) is 0 Å². The molecule has 0 aliphatic rings. The molecule has 0 amide bonds. The average molecular weight is 368 g/mol. The van der Waals surface area contributed by atoms with E-state index in [1.807, 2.05) is 0 Å². The van der Waals surface area contributed by atoms with Gasteiger partial charge in [-0.15, -0.1) is 5.11 Å². The summed E-state index contributed by atoms with van der Waals surface area (Å²) in [5.74, 6) is 0.854. The van der Waals surface area contributed by atoms with E-state index in [1.165, 1.54) is 20.3 Å². The van der Waals surface area contributed by atoms with Crippen LogP contribution in [0.25, 0.3) is 0 Å². The number of ether oxygens (including phenoxy) is 2. The van der Waals surface area contributed by atoms with Crippen LogP contribution in [0, 0.1) is 0 Å². The summed E-state index contributed by atoms with van der Waals surface area (Å²) in [6, 6.07) is 6.85. The second-order valence-electron chi connectivity index (χ2n) is 4.70. The number of methoxy groups -OCH3 is 2. The Balaban J connectivity index is 2.28. The fourth-order valence-corrected chi connectivity index (χ4v) is 2.40. The maximum Gasteiger partial charge on any atom is 0.310 e. The lowest BCUT2D eigenvalue weighted by Crippen LogP contribution is -2.05. The molecule has 24 heavy (non-hydrogen) atoms. The third-order valence-electron chi connectivity index (χ3n) is 2.94. The molecule has 2 aromatic rings. The highest BCUT2D eigenvalue weighted by atomic mass is 32.5. The van der Waals surface area contributed by atoms with Gasteiger partial charge in [0.05, 0.1) is 19.9 Å². The molecule has 0 aliphatic heterocycles. The Kier molecular flexibility index (Phi) is 4.00. The number of azo groups is 1. The maximum atomic E-state index is 12.6. The van der Waals surface area contributed by atoms with Crippen molar-refractivity contribution >= 4 is 21.6 Å². The van der Waals surface area contributed by atoms with E-state index in [2.05, 4.69) is 10.2 Å². The molecule has 4 nitrogen and oxygen atoms in total. The molecule has 2 rings (SSSR count).